The van der Waals surface area contributed by atoms with Crippen molar-refractivity contribution in [1.29, 1.82) is 0 Å². The number of nitrogens with one attached hydrogen (secondary N) is 1. The van der Waals surface area contributed by atoms with E-state index >= 15 is 0 Å². The molecule has 6 nitrogen and oxygen atoms in total. The molecule has 6 heteroatoms. The lowest BCUT2D eigenvalue weighted by atomic mass is 10.0. The minimum atomic E-state index is -1.40. The Labute approximate surface area is 155 Å². The summed E-state index contributed by atoms with van der Waals surface area (Å²) in [6, 6.07) is 8.05. The van der Waals surface area contributed by atoms with Crippen LogP contribution in [-0.4, -0.2) is 35.1 Å². The molecular formula is C20H29NO5. The summed E-state index contributed by atoms with van der Waals surface area (Å²) >= 11 is 0. The first kappa shape index (κ1) is 21.7. The van der Waals surface area contributed by atoms with E-state index in [1.807, 2.05) is 30.3 Å². The van der Waals surface area contributed by atoms with Gasteiger partial charge in [0.05, 0.1) is 0 Å². The van der Waals surface area contributed by atoms with E-state index in [-0.39, 0.29) is 6.42 Å². The van der Waals surface area contributed by atoms with Crippen LogP contribution in [0.2, 0.25) is 0 Å². The highest BCUT2D eigenvalue weighted by atomic mass is 16.6. The molecule has 26 heavy (non-hydrogen) atoms. The molecule has 0 aromatic heterocycles. The Morgan fingerprint density at radius 1 is 0.923 bits per heavy atom. The van der Waals surface area contributed by atoms with E-state index in [0.717, 1.165) is 5.56 Å². The van der Waals surface area contributed by atoms with Crippen molar-refractivity contribution in [2.24, 2.45) is 0 Å². The molecule has 0 spiro atoms. The SMILES string of the molecule is CC(C)(C)OC(=O)N[C@@H](C(=O)CCc1ccccc1)C(=O)OC(C)(C)C. The number of esters is 1. The van der Waals surface area contributed by atoms with E-state index < -0.39 is 35.1 Å². The summed E-state index contributed by atoms with van der Waals surface area (Å²) in [7, 11) is 0. The van der Waals surface area contributed by atoms with Crippen molar-refractivity contribution < 1.29 is 23.9 Å². The number of ether oxygens (including phenoxy) is 2. The van der Waals surface area contributed by atoms with Gasteiger partial charge in [0.15, 0.2) is 11.8 Å². The summed E-state index contributed by atoms with van der Waals surface area (Å²) in [4.78, 5) is 37.0. The van der Waals surface area contributed by atoms with Gasteiger partial charge in [0.2, 0.25) is 0 Å². The highest BCUT2D eigenvalue weighted by Crippen LogP contribution is 2.12. The summed E-state index contributed by atoms with van der Waals surface area (Å²) < 4.78 is 10.4. The smallest absolute Gasteiger partial charge is 0.408 e. The lowest BCUT2D eigenvalue weighted by molar-refractivity contribution is -0.159. The van der Waals surface area contributed by atoms with Gasteiger partial charge in [-0.1, -0.05) is 30.3 Å². The highest BCUT2D eigenvalue weighted by molar-refractivity contribution is 6.05. The molecule has 0 bridgehead atoms. The molecule has 1 amide bonds. The largest absolute Gasteiger partial charge is 0.458 e. The van der Waals surface area contributed by atoms with Crippen LogP contribution in [0.3, 0.4) is 0 Å². The van der Waals surface area contributed by atoms with Gasteiger partial charge in [-0.25, -0.2) is 9.59 Å². The van der Waals surface area contributed by atoms with E-state index in [1.54, 1.807) is 41.5 Å². The van der Waals surface area contributed by atoms with Crippen LogP contribution in [-0.2, 0) is 25.5 Å². The lowest BCUT2D eigenvalue weighted by Crippen LogP contribution is -2.50. The normalized spacial score (nSPS) is 12.8. The molecule has 0 saturated heterocycles. The molecule has 0 aliphatic carbocycles. The standard InChI is InChI=1S/C20H29NO5/c1-19(2,3)25-17(23)16(21-18(24)26-20(4,5)6)15(22)13-12-14-10-8-7-9-11-14/h7-11,16H,12-13H2,1-6H3,(H,21,24)/t16-/m0/s1. The fourth-order valence-electron chi connectivity index (χ4n) is 2.11. The van der Waals surface area contributed by atoms with Crippen LogP contribution in [0.1, 0.15) is 53.5 Å². The van der Waals surface area contributed by atoms with Gasteiger partial charge in [-0.2, -0.15) is 0 Å². The molecule has 1 rings (SSSR count). The van der Waals surface area contributed by atoms with Crippen molar-refractivity contribution in [1.82, 2.24) is 5.32 Å². The molecule has 0 saturated carbocycles. The molecule has 0 aliphatic heterocycles. The Hall–Kier alpha value is -2.37. The van der Waals surface area contributed by atoms with Crippen molar-refractivity contribution in [3.8, 4) is 0 Å². The number of rotatable bonds is 6. The molecule has 1 N–H and O–H groups in total. The van der Waals surface area contributed by atoms with Crippen LogP contribution >= 0.6 is 0 Å². The van der Waals surface area contributed by atoms with Crippen LogP contribution in [0.5, 0.6) is 0 Å². The van der Waals surface area contributed by atoms with Crippen LogP contribution < -0.4 is 5.32 Å². The van der Waals surface area contributed by atoms with Gasteiger partial charge >= 0.3 is 12.1 Å². The molecule has 144 valence electrons. The number of ketones is 1. The Bertz CT molecular complexity index is 626. The van der Waals surface area contributed by atoms with Gasteiger partial charge in [0, 0.05) is 6.42 Å². The highest BCUT2D eigenvalue weighted by Gasteiger charge is 2.33. The van der Waals surface area contributed by atoms with Gasteiger partial charge in [0.1, 0.15) is 11.2 Å². The maximum Gasteiger partial charge on any atom is 0.408 e. The number of hydrogen-bond acceptors (Lipinski definition) is 5. The van der Waals surface area contributed by atoms with Crippen molar-refractivity contribution in [3.63, 3.8) is 0 Å². The Morgan fingerprint density at radius 3 is 1.96 bits per heavy atom. The first-order valence-electron chi connectivity index (χ1n) is 8.66. The molecule has 1 aromatic rings. The van der Waals surface area contributed by atoms with Crippen LogP contribution in [0, 0.1) is 0 Å². The second kappa shape index (κ2) is 8.83. The van der Waals surface area contributed by atoms with Crippen LogP contribution in [0.25, 0.3) is 0 Å². The Kier molecular flexibility index (Phi) is 7.36. The van der Waals surface area contributed by atoms with Crippen LogP contribution in [0.4, 0.5) is 4.79 Å². The number of carbonyl (C=O) groups excluding carboxylic acids is 3. The quantitative estimate of drug-likeness (QED) is 0.618. The predicted molar refractivity (Wildman–Crippen MR) is 98.8 cm³/mol. The van der Waals surface area contributed by atoms with Gasteiger partial charge in [0.25, 0.3) is 0 Å². The lowest BCUT2D eigenvalue weighted by Gasteiger charge is -2.25. The maximum atomic E-state index is 12.6. The summed E-state index contributed by atoms with van der Waals surface area (Å²) in [6.45, 7) is 10.2. The summed E-state index contributed by atoms with van der Waals surface area (Å²) in [6.07, 6.45) is -0.264. The predicted octanol–water partition coefficient (Wildman–Crippen LogP) is 3.42. The number of aryl methyl sites for hydroxylation is 1. The van der Waals surface area contributed by atoms with Crippen molar-refractivity contribution in [2.45, 2.75) is 71.6 Å². The molecule has 0 fully saturated rings. The van der Waals surface area contributed by atoms with Gasteiger partial charge in [-0.05, 0) is 53.5 Å². The third-order valence-corrected chi connectivity index (χ3v) is 3.13. The van der Waals surface area contributed by atoms with E-state index in [0.29, 0.717) is 6.42 Å². The molecule has 0 heterocycles. The number of hydrogen-bond donors (Lipinski definition) is 1. The first-order valence-corrected chi connectivity index (χ1v) is 8.66. The van der Waals surface area contributed by atoms with E-state index in [9.17, 15) is 14.4 Å². The third kappa shape index (κ3) is 8.65. The van der Waals surface area contributed by atoms with Crippen molar-refractivity contribution >= 4 is 17.8 Å². The number of amides is 1. The first-order chi connectivity index (χ1) is 11.9. The molecule has 0 unspecified atom stereocenters. The van der Waals surface area contributed by atoms with Crippen molar-refractivity contribution in [3.05, 3.63) is 35.9 Å². The zero-order valence-electron chi connectivity index (χ0n) is 16.4. The zero-order chi connectivity index (χ0) is 20.0. The summed E-state index contributed by atoms with van der Waals surface area (Å²) in [5.74, 6) is -1.21. The fraction of sp³-hybridized carbons (Fsp3) is 0.550. The average molecular weight is 363 g/mol. The topological polar surface area (TPSA) is 81.7 Å². The second-order valence-corrected chi connectivity index (χ2v) is 8.06. The van der Waals surface area contributed by atoms with E-state index in [1.165, 1.54) is 0 Å². The summed E-state index contributed by atoms with van der Waals surface area (Å²) in [5, 5.41) is 2.35. The number of benzene rings is 1. The van der Waals surface area contributed by atoms with E-state index in [2.05, 4.69) is 5.32 Å². The van der Waals surface area contributed by atoms with Gasteiger partial charge < -0.3 is 14.8 Å². The minimum Gasteiger partial charge on any atom is -0.458 e. The third-order valence-electron chi connectivity index (χ3n) is 3.13. The molecule has 0 radical (unpaired) electrons. The minimum absolute atomic E-state index is 0.101. The molecular weight excluding hydrogens is 334 g/mol. The Morgan fingerprint density at radius 2 is 1.46 bits per heavy atom. The number of Topliss-reactive ketones (excluding diaryl/α,β-unsaturated/α-hetero) is 1. The van der Waals surface area contributed by atoms with Gasteiger partial charge in [-0.15, -0.1) is 0 Å². The fourth-order valence-corrected chi connectivity index (χ4v) is 2.11. The van der Waals surface area contributed by atoms with Crippen LogP contribution in [0.15, 0.2) is 30.3 Å². The Balaban J connectivity index is 2.83. The number of carbonyl (C=O) groups is 3. The van der Waals surface area contributed by atoms with E-state index in [4.69, 9.17) is 9.47 Å². The average Bonchev–Trinajstić information content (AvgIpc) is 2.47. The monoisotopic (exact) mass is 363 g/mol. The molecule has 1 atom stereocenters. The number of alkyl carbamates (subject to hydrolysis) is 1. The zero-order valence-corrected chi connectivity index (χ0v) is 16.4. The summed E-state index contributed by atoms with van der Waals surface area (Å²) in [5.41, 5.74) is -0.540. The molecule has 1 aromatic carbocycles. The maximum absolute atomic E-state index is 12.6. The van der Waals surface area contributed by atoms with Crippen molar-refractivity contribution in [2.75, 3.05) is 0 Å². The second-order valence-electron chi connectivity index (χ2n) is 8.06. The van der Waals surface area contributed by atoms with Gasteiger partial charge in [-0.3, -0.25) is 4.79 Å². The molecule has 0 aliphatic rings.